The van der Waals surface area contributed by atoms with Crippen LogP contribution in [0.2, 0.25) is 0 Å². The lowest BCUT2D eigenvalue weighted by Gasteiger charge is -2.25. The van der Waals surface area contributed by atoms with E-state index >= 15 is 0 Å². The highest BCUT2D eigenvalue weighted by Gasteiger charge is 2.25. The zero-order chi connectivity index (χ0) is 22.0. The van der Waals surface area contributed by atoms with Gasteiger partial charge in [0.25, 0.3) is 0 Å². The molecule has 30 heavy (non-hydrogen) atoms. The maximum atomic E-state index is 12.7. The molecule has 0 radical (unpaired) electrons. The fraction of sp³-hybridized carbons (Fsp3) is 0.652. The topological polar surface area (TPSA) is 85.9 Å². The van der Waals surface area contributed by atoms with Gasteiger partial charge in [0, 0.05) is 13.2 Å². The highest BCUT2D eigenvalue weighted by Crippen LogP contribution is 2.23. The Kier molecular flexibility index (Phi) is 9.43. The van der Waals surface area contributed by atoms with Crippen LogP contribution in [0.3, 0.4) is 0 Å². The molecule has 1 aliphatic carbocycles. The van der Waals surface area contributed by atoms with Gasteiger partial charge in [-0.15, -0.1) is 0 Å². The standard InChI is InChI=1S/C23H36N2O5/c1-23(2,3)30-22(27)25-20(16-29-15-18-8-6-5-7-9-18)21(26)24-14-17-10-12-19(28-4)13-11-17/h10-13,18,20H,5-9,14-16H2,1-4H3,(H,24,26)(H,25,27)/t20-/m1/s1. The number of hydrogen-bond donors (Lipinski definition) is 2. The van der Waals surface area contributed by atoms with Crippen molar-refractivity contribution in [3.05, 3.63) is 29.8 Å². The molecule has 0 aromatic heterocycles. The summed E-state index contributed by atoms with van der Waals surface area (Å²) < 4.78 is 16.3. The molecule has 2 N–H and O–H groups in total. The summed E-state index contributed by atoms with van der Waals surface area (Å²) in [6.07, 6.45) is 5.44. The van der Waals surface area contributed by atoms with Gasteiger partial charge in [0.1, 0.15) is 17.4 Å². The van der Waals surface area contributed by atoms with Crippen molar-refractivity contribution < 1.29 is 23.8 Å². The second-order valence-corrected chi connectivity index (χ2v) is 8.81. The Morgan fingerprint density at radius 1 is 1.10 bits per heavy atom. The molecule has 1 aliphatic rings. The molecular formula is C23H36N2O5. The van der Waals surface area contributed by atoms with E-state index in [1.807, 2.05) is 24.3 Å². The van der Waals surface area contributed by atoms with Gasteiger partial charge >= 0.3 is 6.09 Å². The van der Waals surface area contributed by atoms with Crippen LogP contribution in [0.15, 0.2) is 24.3 Å². The monoisotopic (exact) mass is 420 g/mol. The molecule has 2 rings (SSSR count). The number of amides is 2. The number of carbonyl (C=O) groups is 2. The van der Waals surface area contributed by atoms with Gasteiger partial charge in [-0.05, 0) is 57.2 Å². The first kappa shape index (κ1) is 24.0. The van der Waals surface area contributed by atoms with Crippen LogP contribution in [-0.2, 0) is 20.8 Å². The molecule has 0 saturated heterocycles. The Bertz CT molecular complexity index is 663. The average molecular weight is 421 g/mol. The molecule has 0 bridgehead atoms. The summed E-state index contributed by atoms with van der Waals surface area (Å²) >= 11 is 0. The molecule has 7 nitrogen and oxygen atoms in total. The molecule has 1 aromatic rings. The number of carbonyl (C=O) groups excluding carboxylic acids is 2. The summed E-state index contributed by atoms with van der Waals surface area (Å²) in [7, 11) is 1.61. The zero-order valence-corrected chi connectivity index (χ0v) is 18.7. The minimum atomic E-state index is -0.818. The molecule has 0 aliphatic heterocycles. The van der Waals surface area contributed by atoms with Crippen molar-refractivity contribution in [2.75, 3.05) is 20.3 Å². The number of hydrogen-bond acceptors (Lipinski definition) is 5. The smallest absolute Gasteiger partial charge is 0.408 e. The first-order valence-corrected chi connectivity index (χ1v) is 10.7. The van der Waals surface area contributed by atoms with E-state index in [2.05, 4.69) is 10.6 Å². The van der Waals surface area contributed by atoms with E-state index in [9.17, 15) is 9.59 Å². The van der Waals surface area contributed by atoms with Gasteiger partial charge in [0.15, 0.2) is 0 Å². The van der Waals surface area contributed by atoms with Gasteiger partial charge in [0.2, 0.25) is 5.91 Å². The molecule has 0 unspecified atom stereocenters. The van der Waals surface area contributed by atoms with E-state index in [1.54, 1.807) is 27.9 Å². The Labute approximate surface area is 179 Å². The normalized spacial score (nSPS) is 15.9. The quantitative estimate of drug-likeness (QED) is 0.635. The van der Waals surface area contributed by atoms with Crippen molar-refractivity contribution in [3.63, 3.8) is 0 Å². The van der Waals surface area contributed by atoms with Crippen LogP contribution >= 0.6 is 0 Å². The molecule has 7 heteroatoms. The molecule has 2 amide bonds. The second kappa shape index (κ2) is 11.8. The lowest BCUT2D eigenvalue weighted by Crippen LogP contribution is -2.50. The summed E-state index contributed by atoms with van der Waals surface area (Å²) in [4.78, 5) is 24.9. The number of benzene rings is 1. The number of rotatable bonds is 9. The Morgan fingerprint density at radius 3 is 2.37 bits per heavy atom. The number of alkyl carbamates (subject to hydrolysis) is 1. The zero-order valence-electron chi connectivity index (χ0n) is 18.7. The van der Waals surface area contributed by atoms with Crippen molar-refractivity contribution in [2.24, 2.45) is 5.92 Å². The average Bonchev–Trinajstić information content (AvgIpc) is 2.71. The minimum absolute atomic E-state index is 0.115. The molecule has 0 heterocycles. The molecule has 0 spiro atoms. The first-order valence-electron chi connectivity index (χ1n) is 10.7. The summed E-state index contributed by atoms with van der Waals surface area (Å²) in [6, 6.07) is 6.63. The lowest BCUT2D eigenvalue weighted by atomic mass is 9.90. The van der Waals surface area contributed by atoms with Gasteiger partial charge in [0.05, 0.1) is 13.7 Å². The molecule has 168 valence electrons. The van der Waals surface area contributed by atoms with E-state index in [4.69, 9.17) is 14.2 Å². The number of nitrogens with one attached hydrogen (secondary N) is 2. The van der Waals surface area contributed by atoms with Crippen molar-refractivity contribution in [3.8, 4) is 5.75 Å². The fourth-order valence-corrected chi connectivity index (χ4v) is 3.39. The van der Waals surface area contributed by atoms with Crippen molar-refractivity contribution in [1.82, 2.24) is 10.6 Å². The molecule has 1 aromatic carbocycles. The van der Waals surface area contributed by atoms with E-state index in [0.29, 0.717) is 19.1 Å². The SMILES string of the molecule is COc1ccc(CNC(=O)[C@@H](COCC2CCCCC2)NC(=O)OC(C)(C)C)cc1. The molecule has 1 fully saturated rings. The summed E-state index contributed by atoms with van der Waals surface area (Å²) in [6.45, 7) is 6.42. The summed E-state index contributed by atoms with van der Waals surface area (Å²) in [5.74, 6) is 0.981. The fourth-order valence-electron chi connectivity index (χ4n) is 3.39. The highest BCUT2D eigenvalue weighted by atomic mass is 16.6. The van der Waals surface area contributed by atoms with Crippen molar-refractivity contribution >= 4 is 12.0 Å². The molecule has 1 atom stereocenters. The van der Waals surface area contributed by atoms with Crippen LogP contribution in [0.4, 0.5) is 4.79 Å². The Balaban J connectivity index is 1.89. The third kappa shape index (κ3) is 9.03. The van der Waals surface area contributed by atoms with Crippen molar-refractivity contribution in [1.29, 1.82) is 0 Å². The summed E-state index contributed by atoms with van der Waals surface area (Å²) in [5, 5.41) is 5.51. The largest absolute Gasteiger partial charge is 0.497 e. The van der Waals surface area contributed by atoms with Gasteiger partial charge < -0.3 is 24.8 Å². The molecule has 1 saturated carbocycles. The second-order valence-electron chi connectivity index (χ2n) is 8.81. The van der Waals surface area contributed by atoms with Gasteiger partial charge in [-0.25, -0.2) is 4.79 Å². The van der Waals surface area contributed by atoms with Crippen LogP contribution in [0.25, 0.3) is 0 Å². The van der Waals surface area contributed by atoms with Crippen LogP contribution in [0, 0.1) is 5.92 Å². The van der Waals surface area contributed by atoms with Gasteiger partial charge in [-0.2, -0.15) is 0 Å². The number of ether oxygens (including phenoxy) is 3. The third-order valence-corrected chi connectivity index (χ3v) is 5.00. The summed E-state index contributed by atoms with van der Waals surface area (Å²) in [5.41, 5.74) is 0.292. The van der Waals surface area contributed by atoms with E-state index in [-0.39, 0.29) is 12.5 Å². The highest BCUT2D eigenvalue weighted by molar-refractivity contribution is 5.85. The Morgan fingerprint density at radius 2 is 1.77 bits per heavy atom. The van der Waals surface area contributed by atoms with Crippen LogP contribution in [-0.4, -0.2) is 44.0 Å². The predicted molar refractivity (Wildman–Crippen MR) is 115 cm³/mol. The van der Waals surface area contributed by atoms with Crippen molar-refractivity contribution in [2.45, 2.75) is 71.1 Å². The lowest BCUT2D eigenvalue weighted by molar-refractivity contribution is -0.125. The predicted octanol–water partition coefficient (Wildman–Crippen LogP) is 3.80. The van der Waals surface area contributed by atoms with Crippen LogP contribution in [0.1, 0.15) is 58.4 Å². The Hall–Kier alpha value is -2.28. The van der Waals surface area contributed by atoms with Crippen LogP contribution in [0.5, 0.6) is 5.75 Å². The van der Waals surface area contributed by atoms with E-state index < -0.39 is 17.7 Å². The van der Waals surface area contributed by atoms with Gasteiger partial charge in [-0.3, -0.25) is 4.79 Å². The maximum absolute atomic E-state index is 12.7. The third-order valence-electron chi connectivity index (χ3n) is 5.00. The van der Waals surface area contributed by atoms with Crippen LogP contribution < -0.4 is 15.4 Å². The van der Waals surface area contributed by atoms with Gasteiger partial charge in [-0.1, -0.05) is 31.4 Å². The minimum Gasteiger partial charge on any atom is -0.497 e. The van der Waals surface area contributed by atoms with E-state index in [1.165, 1.54) is 19.3 Å². The maximum Gasteiger partial charge on any atom is 0.408 e. The number of methoxy groups -OCH3 is 1. The first-order chi connectivity index (χ1) is 14.3. The van der Waals surface area contributed by atoms with E-state index in [0.717, 1.165) is 24.2 Å². The molecular weight excluding hydrogens is 384 g/mol.